The van der Waals surface area contributed by atoms with Crippen molar-refractivity contribution >= 4 is 17.9 Å². The minimum Gasteiger partial charge on any atom is -0.462 e. The van der Waals surface area contributed by atoms with E-state index in [1.807, 2.05) is 30.3 Å². The molecular formula is C31H34O5. The van der Waals surface area contributed by atoms with Crippen molar-refractivity contribution in [2.45, 2.75) is 52.9 Å². The third kappa shape index (κ3) is 8.19. The molecule has 0 amide bonds. The highest BCUT2D eigenvalue weighted by Gasteiger charge is 2.15. The number of rotatable bonds is 11. The quantitative estimate of drug-likeness (QED) is 0.173. The fraction of sp³-hybridized carbons (Fsp3) is 0.323. The van der Waals surface area contributed by atoms with E-state index in [1.165, 1.54) is 5.56 Å². The zero-order valence-electron chi connectivity index (χ0n) is 21.3. The monoisotopic (exact) mass is 486 g/mol. The maximum atomic E-state index is 12.5. The summed E-state index contributed by atoms with van der Waals surface area (Å²) < 4.78 is 10.5. The molecule has 0 saturated heterocycles. The van der Waals surface area contributed by atoms with Gasteiger partial charge in [0.2, 0.25) is 0 Å². The fourth-order valence-corrected chi connectivity index (χ4v) is 3.92. The Labute approximate surface area is 213 Å². The molecular weight excluding hydrogens is 452 g/mol. The van der Waals surface area contributed by atoms with E-state index in [2.05, 4.69) is 20.8 Å². The van der Waals surface area contributed by atoms with Gasteiger partial charge in [-0.15, -0.1) is 0 Å². The van der Waals surface area contributed by atoms with Gasteiger partial charge in [-0.1, -0.05) is 63.6 Å². The number of benzene rings is 3. The highest BCUT2D eigenvalue weighted by Crippen LogP contribution is 2.14. The predicted molar refractivity (Wildman–Crippen MR) is 140 cm³/mol. The largest absolute Gasteiger partial charge is 0.462 e. The van der Waals surface area contributed by atoms with E-state index in [1.54, 1.807) is 42.5 Å². The molecule has 0 spiro atoms. The van der Waals surface area contributed by atoms with Crippen LogP contribution in [0.5, 0.6) is 0 Å². The summed E-state index contributed by atoms with van der Waals surface area (Å²) >= 11 is 0. The summed E-state index contributed by atoms with van der Waals surface area (Å²) in [5.74, 6) is -1.18. The topological polar surface area (TPSA) is 69.7 Å². The van der Waals surface area contributed by atoms with Gasteiger partial charge in [-0.05, 0) is 84.7 Å². The van der Waals surface area contributed by atoms with Gasteiger partial charge < -0.3 is 9.47 Å². The van der Waals surface area contributed by atoms with E-state index in [0.29, 0.717) is 35.4 Å². The van der Waals surface area contributed by atoms with Gasteiger partial charge in [0.1, 0.15) is 0 Å². The maximum Gasteiger partial charge on any atom is 0.346 e. The Balaban J connectivity index is 1.47. The summed E-state index contributed by atoms with van der Waals surface area (Å²) in [7, 11) is 0. The number of hydrogen-bond donors (Lipinski definition) is 0. The molecule has 0 aliphatic rings. The second-order valence-electron chi connectivity index (χ2n) is 9.36. The van der Waals surface area contributed by atoms with Gasteiger partial charge in [-0.3, -0.25) is 0 Å². The molecule has 0 fully saturated rings. The van der Waals surface area contributed by atoms with Gasteiger partial charge in [0.05, 0.1) is 23.3 Å². The van der Waals surface area contributed by atoms with Gasteiger partial charge in [0, 0.05) is 0 Å². The average Bonchev–Trinajstić information content (AvgIpc) is 2.87. The van der Waals surface area contributed by atoms with E-state index < -0.39 is 11.9 Å². The molecule has 0 saturated carbocycles. The van der Waals surface area contributed by atoms with Gasteiger partial charge in [-0.2, -0.15) is 0 Å². The number of carbonyl (C=O) groups excluding carboxylic acids is 3. The van der Waals surface area contributed by atoms with Gasteiger partial charge in [-0.25, -0.2) is 14.4 Å². The van der Waals surface area contributed by atoms with Crippen LogP contribution in [0.4, 0.5) is 0 Å². The molecule has 0 radical (unpaired) electrons. The Bertz CT molecular complexity index is 1160. The van der Waals surface area contributed by atoms with E-state index in [-0.39, 0.29) is 12.6 Å². The maximum absolute atomic E-state index is 12.5. The number of aryl methyl sites for hydroxylation is 2. The van der Waals surface area contributed by atoms with Crippen LogP contribution in [-0.4, -0.2) is 24.5 Å². The SMILES string of the molecule is CCCc1ccc(C(=O)OCCCc2cccc(C(=O)OC(=O)c3ccc(CC(C)C)cc3)c2)cc1. The van der Waals surface area contributed by atoms with Crippen LogP contribution < -0.4 is 0 Å². The lowest BCUT2D eigenvalue weighted by Gasteiger charge is -2.08. The molecule has 0 aliphatic carbocycles. The Hall–Kier alpha value is -3.73. The van der Waals surface area contributed by atoms with Gasteiger partial charge in [0.15, 0.2) is 0 Å². The highest BCUT2D eigenvalue weighted by atomic mass is 16.6. The number of carbonyl (C=O) groups is 3. The summed E-state index contributed by atoms with van der Waals surface area (Å²) in [6.45, 7) is 6.66. The van der Waals surface area contributed by atoms with Crippen molar-refractivity contribution in [3.8, 4) is 0 Å². The zero-order valence-corrected chi connectivity index (χ0v) is 21.3. The smallest absolute Gasteiger partial charge is 0.346 e. The van der Waals surface area contributed by atoms with E-state index in [0.717, 1.165) is 30.4 Å². The van der Waals surface area contributed by atoms with Crippen LogP contribution in [-0.2, 0) is 28.7 Å². The lowest BCUT2D eigenvalue weighted by Crippen LogP contribution is -2.13. The van der Waals surface area contributed by atoms with Crippen LogP contribution in [0.25, 0.3) is 0 Å². The second-order valence-corrected chi connectivity index (χ2v) is 9.36. The summed E-state index contributed by atoms with van der Waals surface area (Å²) in [6.07, 6.45) is 4.20. The van der Waals surface area contributed by atoms with E-state index in [9.17, 15) is 14.4 Å². The Morgan fingerprint density at radius 1 is 0.694 bits per heavy atom. The van der Waals surface area contributed by atoms with Crippen LogP contribution in [0.1, 0.15) is 81.4 Å². The van der Waals surface area contributed by atoms with Crippen molar-refractivity contribution in [2.75, 3.05) is 6.61 Å². The predicted octanol–water partition coefficient (Wildman–Crippen LogP) is 6.62. The molecule has 0 aliphatic heterocycles. The van der Waals surface area contributed by atoms with Crippen LogP contribution in [0.3, 0.4) is 0 Å². The van der Waals surface area contributed by atoms with Crippen molar-refractivity contribution in [2.24, 2.45) is 5.92 Å². The second kappa shape index (κ2) is 13.4. The van der Waals surface area contributed by atoms with Crippen LogP contribution in [0, 0.1) is 5.92 Å². The standard InChI is InChI=1S/C31H34O5/c1-4-7-23-11-15-26(16-12-23)29(32)35-19-6-9-24-8-5-10-28(21-24)31(34)36-30(33)27-17-13-25(14-18-27)20-22(2)3/h5,8,10-18,21-22H,4,6-7,9,19-20H2,1-3H3. The minimum absolute atomic E-state index is 0.273. The number of ether oxygens (including phenoxy) is 2. The number of hydrogen-bond acceptors (Lipinski definition) is 5. The van der Waals surface area contributed by atoms with Gasteiger partial charge in [0.25, 0.3) is 0 Å². The normalized spacial score (nSPS) is 10.8. The van der Waals surface area contributed by atoms with Crippen LogP contribution in [0.2, 0.25) is 0 Å². The third-order valence-corrected chi connectivity index (χ3v) is 5.75. The summed E-state index contributed by atoms with van der Waals surface area (Å²) in [5.41, 5.74) is 4.42. The minimum atomic E-state index is -0.689. The molecule has 3 rings (SSSR count). The van der Waals surface area contributed by atoms with Crippen molar-refractivity contribution in [3.63, 3.8) is 0 Å². The zero-order chi connectivity index (χ0) is 25.9. The molecule has 3 aromatic rings. The first-order chi connectivity index (χ1) is 17.4. The molecule has 188 valence electrons. The molecule has 0 unspecified atom stereocenters. The molecule has 0 N–H and O–H groups in total. The first-order valence-corrected chi connectivity index (χ1v) is 12.6. The summed E-state index contributed by atoms with van der Waals surface area (Å²) in [4.78, 5) is 37.2. The molecule has 5 nitrogen and oxygen atoms in total. The number of esters is 3. The molecule has 0 heterocycles. The fourth-order valence-electron chi connectivity index (χ4n) is 3.92. The highest BCUT2D eigenvalue weighted by molar-refractivity contribution is 6.02. The lowest BCUT2D eigenvalue weighted by molar-refractivity contribution is 0.0396. The van der Waals surface area contributed by atoms with Crippen molar-refractivity contribution in [3.05, 3.63) is 106 Å². The molecule has 5 heteroatoms. The lowest BCUT2D eigenvalue weighted by atomic mass is 10.0. The average molecular weight is 487 g/mol. The Morgan fingerprint density at radius 2 is 1.31 bits per heavy atom. The van der Waals surface area contributed by atoms with Crippen molar-refractivity contribution in [1.82, 2.24) is 0 Å². The van der Waals surface area contributed by atoms with E-state index in [4.69, 9.17) is 9.47 Å². The summed E-state index contributed by atoms with van der Waals surface area (Å²) in [6, 6.07) is 21.6. The molecule has 0 bridgehead atoms. The van der Waals surface area contributed by atoms with Crippen LogP contribution >= 0.6 is 0 Å². The summed E-state index contributed by atoms with van der Waals surface area (Å²) in [5, 5.41) is 0. The first-order valence-electron chi connectivity index (χ1n) is 12.6. The van der Waals surface area contributed by atoms with Crippen LogP contribution in [0.15, 0.2) is 72.8 Å². The van der Waals surface area contributed by atoms with Crippen molar-refractivity contribution in [1.29, 1.82) is 0 Å². The molecule has 0 aromatic heterocycles. The Morgan fingerprint density at radius 3 is 1.94 bits per heavy atom. The van der Waals surface area contributed by atoms with E-state index >= 15 is 0 Å². The third-order valence-electron chi connectivity index (χ3n) is 5.75. The molecule has 0 atom stereocenters. The van der Waals surface area contributed by atoms with Gasteiger partial charge >= 0.3 is 17.9 Å². The first kappa shape index (κ1) is 26.9. The Kier molecular flexibility index (Phi) is 9.99. The van der Waals surface area contributed by atoms with Crippen molar-refractivity contribution < 1.29 is 23.9 Å². The molecule has 36 heavy (non-hydrogen) atoms. The molecule has 3 aromatic carbocycles.